The van der Waals surface area contributed by atoms with Gasteiger partial charge in [-0.15, -0.1) is 0 Å². The predicted molar refractivity (Wildman–Crippen MR) is 47.6 cm³/mol. The quantitative estimate of drug-likeness (QED) is 0.606. The fraction of sp³-hybridized carbons (Fsp3) is 0.444. The van der Waals surface area contributed by atoms with Crippen LogP contribution in [0.1, 0.15) is 6.42 Å². The number of carbonyl (C=O) groups excluding carboxylic acids is 1. The van der Waals surface area contributed by atoms with Gasteiger partial charge in [0.15, 0.2) is 5.78 Å². The van der Waals surface area contributed by atoms with Crippen molar-refractivity contribution in [3.8, 4) is 0 Å². The Morgan fingerprint density at radius 2 is 2.46 bits per heavy atom. The summed E-state index contributed by atoms with van der Waals surface area (Å²) in [6.45, 7) is 1.38. The Morgan fingerprint density at radius 3 is 3.23 bits per heavy atom. The van der Waals surface area contributed by atoms with Crippen molar-refractivity contribution >= 4 is 5.78 Å². The molecule has 0 radical (unpaired) electrons. The maximum absolute atomic E-state index is 11.1. The summed E-state index contributed by atoms with van der Waals surface area (Å²) in [6.07, 6.45) is 4.10. The maximum atomic E-state index is 11.1. The summed E-state index contributed by atoms with van der Waals surface area (Å²) < 4.78 is 0. The fourth-order valence-electron chi connectivity index (χ4n) is 1.61. The van der Waals surface area contributed by atoms with E-state index in [0.29, 0.717) is 13.0 Å². The Hall–Kier alpha value is -1.13. The van der Waals surface area contributed by atoms with Crippen molar-refractivity contribution in [3.63, 3.8) is 0 Å². The molecule has 0 aromatic heterocycles. The largest absolute Gasteiger partial charge is 0.394 e. The number of nitrogens with one attached hydrogen (secondary N) is 1. The Labute approximate surface area is 76.5 Å². The van der Waals surface area contributed by atoms with E-state index in [2.05, 4.69) is 5.43 Å². The van der Waals surface area contributed by atoms with Crippen molar-refractivity contribution in [2.24, 2.45) is 0 Å². The Balaban J connectivity index is 2.19. The molecule has 1 fully saturated rings. The number of hydrazine groups is 1. The van der Waals surface area contributed by atoms with E-state index in [1.807, 2.05) is 11.1 Å². The first-order valence-electron chi connectivity index (χ1n) is 4.37. The summed E-state index contributed by atoms with van der Waals surface area (Å²) >= 11 is 0. The number of hydrogen-bond acceptors (Lipinski definition) is 4. The highest BCUT2D eigenvalue weighted by molar-refractivity contribution is 5.93. The van der Waals surface area contributed by atoms with Crippen molar-refractivity contribution in [1.29, 1.82) is 0 Å². The Kier molecular flexibility index (Phi) is 2.16. The molecule has 0 atom stereocenters. The molecule has 0 aromatic carbocycles. The average molecular weight is 180 g/mol. The van der Waals surface area contributed by atoms with Gasteiger partial charge in [0.2, 0.25) is 0 Å². The van der Waals surface area contributed by atoms with E-state index < -0.39 is 0 Å². The van der Waals surface area contributed by atoms with Crippen LogP contribution in [0.3, 0.4) is 0 Å². The van der Waals surface area contributed by atoms with Crippen molar-refractivity contribution in [2.75, 3.05) is 19.7 Å². The van der Waals surface area contributed by atoms with Gasteiger partial charge >= 0.3 is 0 Å². The molecular formula is C9H12N2O2. The van der Waals surface area contributed by atoms with E-state index >= 15 is 0 Å². The third-order valence-corrected chi connectivity index (χ3v) is 2.25. The summed E-state index contributed by atoms with van der Waals surface area (Å²) in [5.74, 6) is 0.130. The monoisotopic (exact) mass is 180 g/mol. The molecule has 1 aliphatic carbocycles. The molecule has 0 saturated carbocycles. The lowest BCUT2D eigenvalue weighted by Crippen LogP contribution is -2.32. The summed E-state index contributed by atoms with van der Waals surface area (Å²) in [7, 11) is 0. The van der Waals surface area contributed by atoms with Gasteiger partial charge < -0.3 is 10.1 Å². The molecule has 0 unspecified atom stereocenters. The molecule has 2 N–H and O–H groups in total. The highest BCUT2D eigenvalue weighted by Gasteiger charge is 2.24. The standard InChI is InChI=1S/C9H12N2O2/c12-4-3-11-9-5-8(13)2-1-7(9)6-10-11/h1,5,10,12H,2-4,6H2. The number of β-amino-alcohol motifs (C(OH)–C–C–N with tert-alkyl or cyclic N) is 1. The highest BCUT2D eigenvalue weighted by atomic mass is 16.3. The topological polar surface area (TPSA) is 52.6 Å². The molecule has 2 aliphatic rings. The van der Waals surface area contributed by atoms with E-state index in [1.165, 1.54) is 0 Å². The summed E-state index contributed by atoms with van der Waals surface area (Å²) in [5.41, 5.74) is 5.19. The van der Waals surface area contributed by atoms with Crippen LogP contribution in [0, 0.1) is 0 Å². The van der Waals surface area contributed by atoms with Crippen LogP contribution >= 0.6 is 0 Å². The third kappa shape index (κ3) is 1.50. The number of rotatable bonds is 2. The molecule has 2 rings (SSSR count). The first-order chi connectivity index (χ1) is 6.31. The van der Waals surface area contributed by atoms with Gasteiger partial charge in [0.1, 0.15) is 0 Å². The molecular weight excluding hydrogens is 168 g/mol. The zero-order valence-electron chi connectivity index (χ0n) is 7.29. The van der Waals surface area contributed by atoms with Crippen molar-refractivity contribution in [3.05, 3.63) is 23.4 Å². The highest BCUT2D eigenvalue weighted by Crippen LogP contribution is 2.23. The normalized spacial score (nSPS) is 21.3. The Morgan fingerprint density at radius 1 is 1.62 bits per heavy atom. The average Bonchev–Trinajstić information content (AvgIpc) is 2.49. The van der Waals surface area contributed by atoms with Crippen LogP contribution in [0.25, 0.3) is 0 Å². The van der Waals surface area contributed by atoms with Crippen LogP contribution in [-0.2, 0) is 4.79 Å². The minimum absolute atomic E-state index is 0.0891. The fourth-order valence-corrected chi connectivity index (χ4v) is 1.61. The van der Waals surface area contributed by atoms with Gasteiger partial charge in [0.05, 0.1) is 18.8 Å². The molecule has 1 aliphatic heterocycles. The lowest BCUT2D eigenvalue weighted by atomic mass is 10.0. The second kappa shape index (κ2) is 3.32. The number of nitrogens with zero attached hydrogens (tertiary/aromatic N) is 1. The van der Waals surface area contributed by atoms with Gasteiger partial charge in [-0.05, 0) is 5.57 Å². The number of allylic oxidation sites excluding steroid dienone is 2. The predicted octanol–water partition coefficient (Wildman–Crippen LogP) is -0.418. The van der Waals surface area contributed by atoms with Crippen LogP contribution in [0.4, 0.5) is 0 Å². The first-order valence-corrected chi connectivity index (χ1v) is 4.37. The van der Waals surface area contributed by atoms with Crippen molar-refractivity contribution < 1.29 is 9.90 Å². The molecule has 13 heavy (non-hydrogen) atoms. The van der Waals surface area contributed by atoms with E-state index in [1.54, 1.807) is 6.08 Å². The molecule has 1 heterocycles. The smallest absolute Gasteiger partial charge is 0.161 e. The van der Waals surface area contributed by atoms with E-state index in [0.717, 1.165) is 17.8 Å². The number of aliphatic hydroxyl groups is 1. The molecule has 0 spiro atoms. The number of fused-ring (bicyclic) bond motifs is 1. The SMILES string of the molecule is O=C1C=C2C(=CC1)CNN2CCO. The minimum atomic E-state index is 0.0891. The van der Waals surface area contributed by atoms with Gasteiger partial charge in [0, 0.05) is 19.0 Å². The zero-order chi connectivity index (χ0) is 9.26. The lowest BCUT2D eigenvalue weighted by Gasteiger charge is -2.19. The molecule has 1 saturated heterocycles. The molecule has 4 nitrogen and oxygen atoms in total. The second-order valence-corrected chi connectivity index (χ2v) is 3.14. The van der Waals surface area contributed by atoms with Crippen LogP contribution in [0.5, 0.6) is 0 Å². The summed E-state index contributed by atoms with van der Waals surface area (Å²) in [6, 6.07) is 0. The van der Waals surface area contributed by atoms with Crippen LogP contribution in [0.15, 0.2) is 23.4 Å². The first kappa shape index (κ1) is 8.47. The van der Waals surface area contributed by atoms with E-state index in [-0.39, 0.29) is 12.4 Å². The number of aliphatic hydroxyl groups excluding tert-OH is 1. The van der Waals surface area contributed by atoms with E-state index in [9.17, 15) is 4.79 Å². The summed E-state index contributed by atoms with van der Waals surface area (Å²) in [5, 5.41) is 10.6. The third-order valence-electron chi connectivity index (χ3n) is 2.25. The molecule has 0 bridgehead atoms. The van der Waals surface area contributed by atoms with Crippen LogP contribution in [0.2, 0.25) is 0 Å². The van der Waals surface area contributed by atoms with Gasteiger partial charge in [-0.3, -0.25) is 4.79 Å². The van der Waals surface area contributed by atoms with Crippen LogP contribution < -0.4 is 5.43 Å². The van der Waals surface area contributed by atoms with Crippen molar-refractivity contribution in [2.45, 2.75) is 6.42 Å². The molecule has 0 aromatic rings. The maximum Gasteiger partial charge on any atom is 0.161 e. The Bertz CT molecular complexity index is 294. The van der Waals surface area contributed by atoms with Gasteiger partial charge in [-0.2, -0.15) is 0 Å². The minimum Gasteiger partial charge on any atom is -0.394 e. The zero-order valence-corrected chi connectivity index (χ0v) is 7.29. The lowest BCUT2D eigenvalue weighted by molar-refractivity contribution is -0.114. The van der Waals surface area contributed by atoms with Crippen LogP contribution in [-0.4, -0.2) is 35.6 Å². The number of carbonyl (C=O) groups is 1. The van der Waals surface area contributed by atoms with Gasteiger partial charge in [0.25, 0.3) is 0 Å². The summed E-state index contributed by atoms with van der Waals surface area (Å²) in [4.78, 5) is 11.1. The van der Waals surface area contributed by atoms with Crippen molar-refractivity contribution in [1.82, 2.24) is 10.4 Å². The second-order valence-electron chi connectivity index (χ2n) is 3.14. The van der Waals surface area contributed by atoms with Gasteiger partial charge in [-0.25, -0.2) is 5.43 Å². The van der Waals surface area contributed by atoms with Gasteiger partial charge in [-0.1, -0.05) is 6.08 Å². The number of hydrogen-bond donors (Lipinski definition) is 2. The van der Waals surface area contributed by atoms with E-state index in [4.69, 9.17) is 5.11 Å². The molecule has 70 valence electrons. The molecule has 4 heteroatoms. The molecule has 0 amide bonds. The number of ketones is 1.